The second kappa shape index (κ2) is 17.0. The van der Waals surface area contributed by atoms with Gasteiger partial charge in [0, 0.05) is 36.4 Å². The molecule has 0 bridgehead atoms. The smallest absolute Gasteiger partial charge is 0.407 e. The number of methoxy groups -OCH3 is 2. The van der Waals surface area contributed by atoms with Gasteiger partial charge in [-0.1, -0.05) is 83.3 Å². The summed E-state index contributed by atoms with van der Waals surface area (Å²) >= 11 is 0. The predicted molar refractivity (Wildman–Crippen MR) is 246 cm³/mol. The van der Waals surface area contributed by atoms with Gasteiger partial charge >= 0.3 is 12.2 Å². The van der Waals surface area contributed by atoms with Crippen molar-refractivity contribution in [2.24, 2.45) is 16.8 Å². The second-order valence-electron chi connectivity index (χ2n) is 18.5. The van der Waals surface area contributed by atoms with Gasteiger partial charge in [-0.2, -0.15) is 0 Å². The van der Waals surface area contributed by atoms with Crippen molar-refractivity contribution in [3.8, 4) is 11.1 Å². The van der Waals surface area contributed by atoms with E-state index in [1.165, 1.54) is 14.2 Å². The fourth-order valence-corrected chi connectivity index (χ4v) is 12.4. The molecule has 62 heavy (non-hydrogen) atoms. The second-order valence-corrected chi connectivity index (χ2v) is 23.6. The van der Waals surface area contributed by atoms with Gasteiger partial charge in [0.1, 0.15) is 17.9 Å². The van der Waals surface area contributed by atoms with Gasteiger partial charge in [-0.05, 0) is 93.4 Å². The molecule has 4 aromatic carbocycles. The fraction of sp³-hybridized carbons (Fsp3) is 0.417. The van der Waals surface area contributed by atoms with Gasteiger partial charge in [0.05, 0.1) is 45.4 Å². The lowest BCUT2D eigenvalue weighted by molar-refractivity contribution is -0.135. The van der Waals surface area contributed by atoms with E-state index in [-0.39, 0.29) is 35.7 Å². The standard InChI is InChI=1S/C48H57N7O6Si/c1-27(2)41(52-47(58)60-5)45(56)54-19-9-10-39(54)38-23-35(24-49-38)33-14-13-29-20-30(11-12-31(29)21-33)32-15-17-36-34(22-32)16-18-37-43(36)51-44(50-37)40-25-62(7,8)26-55(40)46(57)42(28(3)4)53-48(59)61-6/h11-18,20-22,24,27-28,39-42H,9-10,19,23,25-26H2,1-8H3,(H,50,51)(H,52,58)(H,53,59)/t39-,40-,41-,42-/m0/s1. The number of rotatable bonds is 10. The number of benzene rings is 4. The molecule has 1 aromatic heterocycles. The van der Waals surface area contributed by atoms with Crippen LogP contribution in [0.2, 0.25) is 19.1 Å². The largest absolute Gasteiger partial charge is 0.453 e. The van der Waals surface area contributed by atoms with Gasteiger partial charge in [-0.3, -0.25) is 14.6 Å². The Morgan fingerprint density at radius 1 is 0.758 bits per heavy atom. The van der Waals surface area contributed by atoms with Crippen LogP contribution in [0.15, 0.2) is 77.9 Å². The Kier molecular flexibility index (Phi) is 11.7. The van der Waals surface area contributed by atoms with Crippen LogP contribution in [0.5, 0.6) is 0 Å². The summed E-state index contributed by atoms with van der Waals surface area (Å²) in [6.07, 6.45) is 3.80. The molecule has 4 heterocycles. The van der Waals surface area contributed by atoms with Crippen molar-refractivity contribution in [2.75, 3.05) is 26.9 Å². The molecule has 4 amide bonds. The number of aromatic amines is 1. The molecular weight excluding hydrogens is 799 g/mol. The van der Waals surface area contributed by atoms with Crippen molar-refractivity contribution in [3.63, 3.8) is 0 Å². The number of ether oxygens (including phenoxy) is 2. The number of nitrogens with one attached hydrogen (secondary N) is 3. The number of carbonyl (C=O) groups is 4. The van der Waals surface area contributed by atoms with Gasteiger partial charge in [0.2, 0.25) is 11.8 Å². The van der Waals surface area contributed by atoms with Gasteiger partial charge < -0.3 is 34.9 Å². The highest BCUT2D eigenvalue weighted by molar-refractivity contribution is 6.78. The van der Waals surface area contributed by atoms with E-state index in [2.05, 4.69) is 95.4 Å². The van der Waals surface area contributed by atoms with Crippen LogP contribution in [0, 0.1) is 11.8 Å². The lowest BCUT2D eigenvalue weighted by Crippen LogP contribution is -2.53. The number of aromatic nitrogens is 2. The molecule has 8 rings (SSSR count). The van der Waals surface area contributed by atoms with E-state index in [1.807, 2.05) is 43.7 Å². The molecule has 4 atom stereocenters. The molecule has 0 radical (unpaired) electrons. The van der Waals surface area contributed by atoms with Crippen LogP contribution in [0.1, 0.15) is 64.4 Å². The summed E-state index contributed by atoms with van der Waals surface area (Å²) in [7, 11) is 0.838. The molecule has 324 valence electrons. The monoisotopic (exact) mass is 855 g/mol. The fourth-order valence-electron chi connectivity index (χ4n) is 9.49. The van der Waals surface area contributed by atoms with Crippen LogP contribution in [0.3, 0.4) is 0 Å². The molecule has 0 spiro atoms. The van der Waals surface area contributed by atoms with Crippen molar-refractivity contribution in [1.82, 2.24) is 30.4 Å². The third-order valence-electron chi connectivity index (χ3n) is 12.8. The maximum absolute atomic E-state index is 14.0. The first kappa shape index (κ1) is 42.7. The number of amides is 4. The van der Waals surface area contributed by atoms with Crippen molar-refractivity contribution in [3.05, 3.63) is 84.3 Å². The first-order chi connectivity index (χ1) is 29.6. The Morgan fingerprint density at radius 3 is 1.98 bits per heavy atom. The maximum Gasteiger partial charge on any atom is 0.407 e. The van der Waals surface area contributed by atoms with Crippen molar-refractivity contribution in [1.29, 1.82) is 0 Å². The molecule has 3 N–H and O–H groups in total. The van der Waals surface area contributed by atoms with Crippen molar-refractivity contribution in [2.45, 2.75) is 90.3 Å². The molecule has 5 aromatic rings. The summed E-state index contributed by atoms with van der Waals surface area (Å²) in [6.45, 7) is 12.9. The number of fused-ring (bicyclic) bond motifs is 4. The minimum atomic E-state index is -1.77. The Morgan fingerprint density at radius 2 is 1.34 bits per heavy atom. The zero-order valence-electron chi connectivity index (χ0n) is 36.9. The van der Waals surface area contributed by atoms with E-state index in [9.17, 15) is 19.2 Å². The number of carbonyl (C=O) groups excluding carboxylic acids is 4. The molecule has 13 nitrogen and oxygen atoms in total. The van der Waals surface area contributed by atoms with Crippen LogP contribution in [-0.4, -0.2) is 103 Å². The Balaban J connectivity index is 0.985. The molecule has 14 heteroatoms. The summed E-state index contributed by atoms with van der Waals surface area (Å²) < 4.78 is 9.63. The minimum absolute atomic E-state index is 0.0874. The molecule has 3 aliphatic rings. The van der Waals surface area contributed by atoms with Crippen LogP contribution >= 0.6 is 0 Å². The third kappa shape index (κ3) is 8.31. The summed E-state index contributed by atoms with van der Waals surface area (Å²) in [5.41, 5.74) is 7.21. The van der Waals surface area contributed by atoms with Crippen LogP contribution in [-0.2, 0) is 19.1 Å². The molecule has 2 saturated heterocycles. The molecule has 0 saturated carbocycles. The number of allylic oxidation sites excluding steroid dienone is 1. The zero-order chi connectivity index (χ0) is 44.0. The number of hydrogen-bond acceptors (Lipinski definition) is 8. The van der Waals surface area contributed by atoms with Gasteiger partial charge in [0.15, 0.2) is 0 Å². The first-order valence-corrected chi connectivity index (χ1v) is 25.1. The van der Waals surface area contributed by atoms with Crippen molar-refractivity contribution >= 4 is 75.9 Å². The van der Waals surface area contributed by atoms with Crippen LogP contribution < -0.4 is 10.6 Å². The molecular formula is C48H57N7O6Si. The van der Waals surface area contributed by atoms with Crippen LogP contribution in [0.4, 0.5) is 9.59 Å². The Labute approximate surface area is 363 Å². The average molecular weight is 856 g/mol. The van der Waals surface area contributed by atoms with E-state index in [0.29, 0.717) is 19.1 Å². The van der Waals surface area contributed by atoms with E-state index in [1.54, 1.807) is 0 Å². The summed E-state index contributed by atoms with van der Waals surface area (Å²) in [5, 5.41) is 9.87. The lowest BCUT2D eigenvalue weighted by Gasteiger charge is -2.31. The number of alkyl carbamates (subject to hydrolysis) is 2. The van der Waals surface area contributed by atoms with Gasteiger partial charge in [0.25, 0.3) is 0 Å². The Hall–Kier alpha value is -6.02. The highest BCUT2D eigenvalue weighted by atomic mass is 28.3. The number of likely N-dealkylation sites (tertiary alicyclic amines) is 1. The molecule has 0 unspecified atom stereocenters. The normalized spacial score (nSPS) is 19.6. The van der Waals surface area contributed by atoms with Crippen LogP contribution in [0.25, 0.3) is 49.3 Å². The number of hydrogen-bond donors (Lipinski definition) is 3. The average Bonchev–Trinajstić information content (AvgIpc) is 4.09. The predicted octanol–water partition coefficient (Wildman–Crippen LogP) is 8.61. The van der Waals surface area contributed by atoms with E-state index < -0.39 is 32.3 Å². The van der Waals surface area contributed by atoms with Gasteiger partial charge in [-0.15, -0.1) is 0 Å². The zero-order valence-corrected chi connectivity index (χ0v) is 37.9. The topological polar surface area (TPSA) is 158 Å². The summed E-state index contributed by atoms with van der Waals surface area (Å²) in [6, 6.07) is 23.0. The van der Waals surface area contributed by atoms with Crippen molar-refractivity contribution < 1.29 is 28.7 Å². The van der Waals surface area contributed by atoms with E-state index in [4.69, 9.17) is 19.5 Å². The van der Waals surface area contributed by atoms with E-state index in [0.717, 1.165) is 85.3 Å². The number of nitrogens with zero attached hydrogens (tertiary/aromatic N) is 4. The van der Waals surface area contributed by atoms with E-state index >= 15 is 0 Å². The number of H-pyrrole nitrogens is 1. The minimum Gasteiger partial charge on any atom is -0.453 e. The first-order valence-electron chi connectivity index (χ1n) is 21.7. The molecule has 3 aliphatic heterocycles. The highest BCUT2D eigenvalue weighted by Crippen LogP contribution is 2.40. The Bertz CT molecular complexity index is 2650. The third-order valence-corrected chi connectivity index (χ3v) is 15.5. The summed E-state index contributed by atoms with van der Waals surface area (Å²) in [5.74, 6) is 0.366. The summed E-state index contributed by atoms with van der Waals surface area (Å²) in [4.78, 5) is 69.3. The lowest BCUT2D eigenvalue weighted by atomic mass is 9.94. The quantitative estimate of drug-likeness (QED) is 0.119. The van der Waals surface area contributed by atoms with Gasteiger partial charge in [-0.25, -0.2) is 14.6 Å². The number of imidazole rings is 1. The molecule has 0 aliphatic carbocycles. The maximum atomic E-state index is 14.0. The number of aliphatic imine (C=N–C) groups is 1. The SMILES string of the molecule is COC(=O)N[C@H](C(=O)N1CCC[C@H]1C1=NC=C(c2ccc3cc(-c4ccc5c(ccc6[nH]c([C@@H]7C[Si](C)(C)CN7C(=O)[C@@H](NC(=O)OC)C(C)C)nc65)c4)ccc3c2)C1)C(C)C. The highest BCUT2D eigenvalue weighted by Gasteiger charge is 2.46. The molecule has 2 fully saturated rings.